The van der Waals surface area contributed by atoms with Crippen LogP contribution in [0.1, 0.15) is 80.1 Å². The number of nitrogen functional groups attached to an aromatic ring is 1. The first kappa shape index (κ1) is 44.7. The van der Waals surface area contributed by atoms with Crippen LogP contribution in [-0.4, -0.2) is 86.8 Å². The van der Waals surface area contributed by atoms with Crippen molar-refractivity contribution >= 4 is 60.1 Å². The monoisotopic (exact) mass is 760 g/mol. The molecule has 5 atom stereocenters. The molecule has 2 unspecified atom stereocenters. The van der Waals surface area contributed by atoms with E-state index in [1.165, 1.54) is 12.2 Å². The number of halogens is 1. The van der Waals surface area contributed by atoms with Crippen LogP contribution in [0.5, 0.6) is 5.75 Å². The summed E-state index contributed by atoms with van der Waals surface area (Å²) in [5, 5.41) is 2.77. The van der Waals surface area contributed by atoms with Gasteiger partial charge in [-0.2, -0.15) is 30.8 Å². The van der Waals surface area contributed by atoms with Gasteiger partial charge in [-0.1, -0.05) is 31.5 Å². The van der Waals surface area contributed by atoms with E-state index in [-0.39, 0.29) is 72.5 Å². The van der Waals surface area contributed by atoms with Gasteiger partial charge in [-0.15, -0.1) is 0 Å². The molecule has 0 bridgehead atoms. The Morgan fingerprint density at radius 2 is 1.94 bits per heavy atom. The molecule has 5 rings (SSSR count). The number of H-pyrrole nitrogens is 1. The maximum absolute atomic E-state index is 14.2. The molecule has 0 amide bonds. The van der Waals surface area contributed by atoms with E-state index in [0.717, 1.165) is 31.3 Å². The summed E-state index contributed by atoms with van der Waals surface area (Å²) in [6, 6.07) is 7.60. The van der Waals surface area contributed by atoms with Crippen LogP contribution in [0.25, 0.3) is 17.4 Å². The van der Waals surface area contributed by atoms with Crippen molar-refractivity contribution in [2.75, 3.05) is 25.6 Å². The van der Waals surface area contributed by atoms with Crippen LogP contribution in [0.4, 0.5) is 5.95 Å². The summed E-state index contributed by atoms with van der Waals surface area (Å²) in [5.74, 6) is 1.13. The predicted octanol–water partition coefficient (Wildman–Crippen LogP) is 2.63. The number of hydrogen-bond donors (Lipinski definition) is 3. The molecular formula is C34H50ClMgN6O8P. The molecule has 3 aromatic rings. The van der Waals surface area contributed by atoms with Crippen molar-refractivity contribution in [1.29, 1.82) is 0 Å². The van der Waals surface area contributed by atoms with E-state index >= 15 is 0 Å². The fourth-order valence-corrected chi connectivity index (χ4v) is 6.68. The Hall–Kier alpha value is -2.49. The van der Waals surface area contributed by atoms with Crippen molar-refractivity contribution in [1.82, 2.24) is 24.6 Å². The van der Waals surface area contributed by atoms with E-state index in [9.17, 15) is 14.2 Å². The zero-order valence-corrected chi connectivity index (χ0v) is 33.4. The van der Waals surface area contributed by atoms with Gasteiger partial charge in [0.25, 0.3) is 5.56 Å². The van der Waals surface area contributed by atoms with E-state index in [2.05, 4.69) is 40.8 Å². The minimum Gasteiger partial charge on any atom is -1.00 e. The van der Waals surface area contributed by atoms with Gasteiger partial charge >= 0.3 is 36.8 Å². The minimum atomic E-state index is -4.13. The summed E-state index contributed by atoms with van der Waals surface area (Å²) < 4.78 is 45.3. The molecule has 4 N–H and O–H groups in total. The first-order valence-electron chi connectivity index (χ1n) is 16.7. The number of aromatic amines is 1. The summed E-state index contributed by atoms with van der Waals surface area (Å²) in [5.41, 5.74) is 5.95. The van der Waals surface area contributed by atoms with E-state index in [1.54, 1.807) is 48.0 Å². The van der Waals surface area contributed by atoms with E-state index < -0.39 is 30.7 Å². The number of carbonyl (C=O) groups excluding carboxylic acids is 1. The quantitative estimate of drug-likeness (QED) is 0.0893. The molecule has 14 nitrogen and oxygen atoms in total. The van der Waals surface area contributed by atoms with Crippen molar-refractivity contribution in [3.05, 3.63) is 58.5 Å². The van der Waals surface area contributed by atoms with Crippen LogP contribution < -0.4 is 33.3 Å². The Morgan fingerprint density at radius 3 is 2.59 bits per heavy atom. The third-order valence-electron chi connectivity index (χ3n) is 7.71. The molecule has 1 saturated carbocycles. The number of ether oxygens (including phenoxy) is 3. The zero-order chi connectivity index (χ0) is 35.6. The molecule has 1 aliphatic carbocycles. The Bertz CT molecular complexity index is 1670. The predicted molar refractivity (Wildman–Crippen MR) is 193 cm³/mol. The third kappa shape index (κ3) is 13.5. The average molecular weight is 762 g/mol. The number of nitrogens with two attached hydrogens (primary N) is 1. The largest absolute Gasteiger partial charge is 2.00 e. The van der Waals surface area contributed by atoms with Crippen molar-refractivity contribution in [3.63, 3.8) is 0 Å². The second-order valence-corrected chi connectivity index (χ2v) is 14.7. The van der Waals surface area contributed by atoms with Crippen LogP contribution >= 0.6 is 7.75 Å². The summed E-state index contributed by atoms with van der Waals surface area (Å²) in [4.78, 5) is 36.0. The fraction of sp³-hybridized carbons (Fsp3) is 0.559. The van der Waals surface area contributed by atoms with Crippen LogP contribution in [0.2, 0.25) is 0 Å². The molecule has 2 fully saturated rings. The first-order valence-corrected chi connectivity index (χ1v) is 18.3. The van der Waals surface area contributed by atoms with Crippen molar-refractivity contribution in [2.24, 2.45) is 5.41 Å². The Kier molecular flexibility index (Phi) is 18.1. The van der Waals surface area contributed by atoms with Gasteiger partial charge in [0.15, 0.2) is 17.5 Å². The molecule has 1 saturated heterocycles. The summed E-state index contributed by atoms with van der Waals surface area (Å²) >= 11 is 0. The average Bonchev–Trinajstić information content (AvgIpc) is 3.58. The normalized spacial score (nSPS) is 21.3. The van der Waals surface area contributed by atoms with Gasteiger partial charge in [0.1, 0.15) is 18.1 Å². The summed E-state index contributed by atoms with van der Waals surface area (Å²) in [6.45, 7) is 12.4. The second kappa shape index (κ2) is 20.7. The summed E-state index contributed by atoms with van der Waals surface area (Å²) in [6.07, 6.45) is 7.44. The SMILES string of the molecule is CCC[C@H](C)OC(=O)[C@H](C)N[P@](=O)(OCC1(COC2CCCCO2)C/C1=C/n1cnc2c(=O)[nH]c(N)nc21)Oc1ccccc1.C[C-](C)C.[Cl-].[Mg+2]. The number of nitrogens with one attached hydrogen (secondary N) is 2. The molecule has 2 aliphatic rings. The maximum atomic E-state index is 14.2. The number of benzene rings is 1. The Balaban J connectivity index is 0.00000143. The van der Waals surface area contributed by atoms with Gasteiger partial charge in [0.2, 0.25) is 5.95 Å². The van der Waals surface area contributed by atoms with Crippen LogP contribution in [0, 0.1) is 11.3 Å². The number of para-hydroxylation sites is 1. The maximum Gasteiger partial charge on any atom is 2.00 e. The standard InChI is InChI=1S/C30H41N6O8P.C4H9.ClH.Mg/c1-4-10-20(2)43-28(38)21(3)35-45(39,44-23-11-6-5-7-12-23)42-18-30(17-41-24-13-8-9-14-40-24)15-22(30)16-36-19-32-25-26(36)33-29(31)34-27(25)37;1-4(2)3;;/h5-7,11-12,16,19-21,24H,4,8-10,13-15,17-18H2,1-3H3,(H,35,39)(H3,31,33,34,37);1-3H3;1H;/q;-1;;+2/p-1/b22-16-;;;/t20-,21-,24?,30?,45-;;;/m0.../s1. The van der Waals surface area contributed by atoms with E-state index in [1.807, 2.05) is 13.8 Å². The van der Waals surface area contributed by atoms with Gasteiger partial charge in [-0.25, -0.2) is 9.55 Å². The van der Waals surface area contributed by atoms with E-state index in [0.29, 0.717) is 30.8 Å². The number of carbonyl (C=O) groups is 1. The molecule has 1 aliphatic heterocycles. The second-order valence-electron chi connectivity index (χ2n) is 13.1. The van der Waals surface area contributed by atoms with E-state index in [4.69, 9.17) is 29.0 Å². The topological polar surface area (TPSA) is 182 Å². The number of imidazole rings is 1. The van der Waals surface area contributed by atoms with Gasteiger partial charge in [-0.3, -0.25) is 23.7 Å². The summed E-state index contributed by atoms with van der Waals surface area (Å²) in [7, 11) is -4.13. The van der Waals surface area contributed by atoms with Gasteiger partial charge < -0.3 is 42.8 Å². The third-order valence-corrected chi connectivity index (χ3v) is 9.34. The first-order chi connectivity index (χ1) is 23.3. The number of anilines is 1. The van der Waals surface area contributed by atoms with Gasteiger partial charge in [-0.05, 0) is 63.7 Å². The smallest absolute Gasteiger partial charge is 1.00 e. The van der Waals surface area contributed by atoms with Crippen molar-refractivity contribution < 1.29 is 45.0 Å². The Morgan fingerprint density at radius 1 is 1.24 bits per heavy atom. The van der Waals surface area contributed by atoms with Gasteiger partial charge in [0, 0.05) is 18.2 Å². The van der Waals surface area contributed by atoms with Gasteiger partial charge in [0.05, 0.1) is 19.3 Å². The molecule has 1 aromatic carbocycles. The fourth-order valence-electron chi connectivity index (χ4n) is 5.11. The molecule has 278 valence electrons. The molecule has 0 radical (unpaired) electrons. The number of hydrogen-bond acceptors (Lipinski definition) is 11. The number of rotatable bonds is 15. The molecule has 2 aromatic heterocycles. The minimum absolute atomic E-state index is 0. The Labute approximate surface area is 322 Å². The molecule has 51 heavy (non-hydrogen) atoms. The van der Waals surface area contributed by atoms with Crippen LogP contribution in [0.3, 0.4) is 0 Å². The number of fused-ring (bicyclic) bond motifs is 1. The zero-order valence-electron chi connectivity index (χ0n) is 30.4. The number of esters is 1. The molecule has 3 heterocycles. The van der Waals surface area contributed by atoms with Crippen LogP contribution in [-0.2, 0) is 28.1 Å². The number of nitrogens with zero attached hydrogens (tertiary/aromatic N) is 3. The molecular weight excluding hydrogens is 711 g/mol. The molecule has 0 spiro atoms. The van der Waals surface area contributed by atoms with Crippen LogP contribution in [0.15, 0.2) is 47.0 Å². The number of aromatic nitrogens is 4. The van der Waals surface area contributed by atoms with Crippen molar-refractivity contribution in [3.8, 4) is 5.75 Å². The molecule has 17 heteroatoms. The van der Waals surface area contributed by atoms with Crippen molar-refractivity contribution in [2.45, 2.75) is 98.5 Å².